The second-order valence-electron chi connectivity index (χ2n) is 5.15. The van der Waals surface area contributed by atoms with Crippen molar-refractivity contribution in [3.63, 3.8) is 0 Å². The van der Waals surface area contributed by atoms with Gasteiger partial charge in [0.2, 0.25) is 0 Å². The summed E-state index contributed by atoms with van der Waals surface area (Å²) < 4.78 is 9.43. The van der Waals surface area contributed by atoms with E-state index in [0.29, 0.717) is 6.42 Å². The number of aliphatic hydroxyl groups is 1. The number of esters is 3. The van der Waals surface area contributed by atoms with Gasteiger partial charge in [0.1, 0.15) is 12.7 Å². The van der Waals surface area contributed by atoms with Crippen LogP contribution in [0.25, 0.3) is 0 Å². The number of unbranched alkanes of at least 4 members (excludes halogenated alkanes) is 2. The number of carbonyl (C=O) groups is 3. The van der Waals surface area contributed by atoms with Crippen LogP contribution in [0.3, 0.4) is 0 Å². The molecule has 6 heteroatoms. The minimum Gasteiger partial charge on any atom is -0.459 e. The largest absolute Gasteiger partial charge is 0.459 e. The number of carbonyl (C=O) groups excluding carboxylic acids is 3. The number of aliphatic hydroxyl groups excluding tert-OH is 1. The van der Waals surface area contributed by atoms with Gasteiger partial charge in [0, 0.05) is 11.1 Å². The molecule has 0 saturated heterocycles. The highest BCUT2D eigenvalue weighted by Crippen LogP contribution is 2.11. The van der Waals surface area contributed by atoms with Crippen molar-refractivity contribution in [3.8, 4) is 0 Å². The van der Waals surface area contributed by atoms with Crippen molar-refractivity contribution in [1.29, 1.82) is 0 Å². The molecule has 1 atom stereocenters. The van der Waals surface area contributed by atoms with Gasteiger partial charge < -0.3 is 14.6 Å². The average molecular weight is 324 g/mol. The Hall–Kier alpha value is -2.21. The summed E-state index contributed by atoms with van der Waals surface area (Å²) in [7, 11) is 0. The Morgan fingerprint density at radius 3 is 2.13 bits per heavy atom. The lowest BCUT2D eigenvalue weighted by atomic mass is 10.1. The van der Waals surface area contributed by atoms with Crippen LogP contribution in [0.15, 0.2) is 36.0 Å². The van der Waals surface area contributed by atoms with Crippen LogP contribution in [0.1, 0.15) is 40.0 Å². The summed E-state index contributed by atoms with van der Waals surface area (Å²) in [4.78, 5) is 34.8. The fraction of sp³-hybridized carbons (Fsp3) is 0.471. The van der Waals surface area contributed by atoms with E-state index in [9.17, 15) is 19.5 Å². The van der Waals surface area contributed by atoms with Gasteiger partial charge in [-0.15, -0.1) is 0 Å². The molecular formula is C17H24O6. The van der Waals surface area contributed by atoms with E-state index in [2.05, 4.69) is 17.9 Å². The topological polar surface area (TPSA) is 89.9 Å². The van der Waals surface area contributed by atoms with Gasteiger partial charge in [-0.05, 0) is 20.3 Å². The van der Waals surface area contributed by atoms with Gasteiger partial charge in [0.05, 0.1) is 5.57 Å². The highest BCUT2D eigenvalue weighted by molar-refractivity contribution is 6.01. The molecule has 0 amide bonds. The Kier molecular flexibility index (Phi) is 9.50. The second kappa shape index (κ2) is 10.5. The van der Waals surface area contributed by atoms with Crippen LogP contribution in [0.5, 0.6) is 0 Å². The molecule has 0 aliphatic heterocycles. The first kappa shape index (κ1) is 20.8. The monoisotopic (exact) mass is 324 g/mol. The summed E-state index contributed by atoms with van der Waals surface area (Å²) in [6.07, 6.45) is 2.30. The molecule has 0 bridgehead atoms. The third-order valence-corrected chi connectivity index (χ3v) is 2.77. The lowest BCUT2D eigenvalue weighted by molar-refractivity contribution is -0.155. The molecule has 0 heterocycles. The fourth-order valence-corrected chi connectivity index (χ4v) is 1.41. The summed E-state index contributed by atoms with van der Waals surface area (Å²) in [5.74, 6) is -2.53. The molecule has 0 saturated carbocycles. The lowest BCUT2D eigenvalue weighted by Gasteiger charge is -2.14. The predicted molar refractivity (Wildman–Crippen MR) is 85.3 cm³/mol. The molecule has 0 fully saturated rings. The lowest BCUT2D eigenvalue weighted by Crippen LogP contribution is -2.28. The van der Waals surface area contributed by atoms with Gasteiger partial charge in [0.25, 0.3) is 0 Å². The van der Waals surface area contributed by atoms with Crippen molar-refractivity contribution in [2.45, 2.75) is 46.1 Å². The summed E-state index contributed by atoms with van der Waals surface area (Å²) in [6, 6.07) is 0. The third-order valence-electron chi connectivity index (χ3n) is 2.77. The van der Waals surface area contributed by atoms with E-state index < -0.39 is 30.6 Å². The fourth-order valence-electron chi connectivity index (χ4n) is 1.41. The maximum Gasteiger partial charge on any atom is 0.344 e. The van der Waals surface area contributed by atoms with E-state index in [1.807, 2.05) is 6.92 Å². The molecule has 128 valence electrons. The maximum absolute atomic E-state index is 12.0. The quantitative estimate of drug-likeness (QED) is 0.303. The van der Waals surface area contributed by atoms with Crippen molar-refractivity contribution >= 4 is 17.9 Å². The van der Waals surface area contributed by atoms with Gasteiger partial charge in [-0.1, -0.05) is 39.0 Å². The molecule has 0 aromatic carbocycles. The van der Waals surface area contributed by atoms with Crippen LogP contribution in [-0.2, 0) is 23.9 Å². The maximum atomic E-state index is 12.0. The second-order valence-corrected chi connectivity index (χ2v) is 5.15. The molecule has 0 aromatic heterocycles. The summed E-state index contributed by atoms with van der Waals surface area (Å²) in [5, 5.41) is 10.1. The highest BCUT2D eigenvalue weighted by atomic mass is 16.6. The molecule has 6 nitrogen and oxygen atoms in total. The van der Waals surface area contributed by atoms with Crippen molar-refractivity contribution in [2.24, 2.45) is 0 Å². The van der Waals surface area contributed by atoms with E-state index in [-0.39, 0.29) is 16.7 Å². The number of rotatable bonds is 9. The van der Waals surface area contributed by atoms with Crippen molar-refractivity contribution in [2.75, 3.05) is 6.61 Å². The van der Waals surface area contributed by atoms with Crippen molar-refractivity contribution in [1.82, 2.24) is 0 Å². The van der Waals surface area contributed by atoms with E-state index >= 15 is 0 Å². The Morgan fingerprint density at radius 2 is 1.65 bits per heavy atom. The molecule has 0 radical (unpaired) electrons. The number of ether oxygens (including phenoxy) is 2. The minimum absolute atomic E-state index is 0.0643. The minimum atomic E-state index is -1.39. The van der Waals surface area contributed by atoms with Gasteiger partial charge >= 0.3 is 17.9 Å². The van der Waals surface area contributed by atoms with Crippen LogP contribution in [0.2, 0.25) is 0 Å². The molecule has 0 rings (SSSR count). The normalized spacial score (nSPS) is 12.3. The van der Waals surface area contributed by atoms with E-state index in [4.69, 9.17) is 4.74 Å². The summed E-state index contributed by atoms with van der Waals surface area (Å²) in [6.45, 7) is 11.2. The van der Waals surface area contributed by atoms with Crippen LogP contribution in [-0.4, -0.2) is 35.7 Å². The first-order valence-corrected chi connectivity index (χ1v) is 7.33. The van der Waals surface area contributed by atoms with Crippen LogP contribution < -0.4 is 0 Å². The zero-order valence-electron chi connectivity index (χ0n) is 13.9. The number of allylic oxidation sites excluding steroid dienone is 1. The first-order chi connectivity index (χ1) is 10.7. The zero-order valence-corrected chi connectivity index (χ0v) is 13.9. The first-order valence-electron chi connectivity index (χ1n) is 7.33. The number of hydrogen-bond donors (Lipinski definition) is 1. The number of hydrogen-bond acceptors (Lipinski definition) is 6. The standard InChI is InChI=1S/C17H24O6/c1-6-7-8-9-13(17(21)23-16(20)12(4)5)14(18)10-22-15(19)11(2)3/h9,14,18H,2,4,6-8,10H2,1,3,5H3. The molecule has 23 heavy (non-hydrogen) atoms. The Balaban J connectivity index is 4.98. The Labute approximate surface area is 136 Å². The average Bonchev–Trinajstić information content (AvgIpc) is 2.48. The van der Waals surface area contributed by atoms with Crippen molar-refractivity contribution in [3.05, 3.63) is 36.0 Å². The van der Waals surface area contributed by atoms with Crippen LogP contribution in [0, 0.1) is 0 Å². The molecule has 1 N–H and O–H groups in total. The zero-order chi connectivity index (χ0) is 18.0. The van der Waals surface area contributed by atoms with Crippen LogP contribution >= 0.6 is 0 Å². The molecule has 0 spiro atoms. The molecule has 0 aromatic rings. The van der Waals surface area contributed by atoms with Gasteiger partial charge in [-0.2, -0.15) is 0 Å². The summed E-state index contributed by atoms with van der Waals surface area (Å²) in [5.41, 5.74) is 0.116. The highest BCUT2D eigenvalue weighted by Gasteiger charge is 2.24. The third kappa shape index (κ3) is 8.11. The predicted octanol–water partition coefficient (Wildman–Crippen LogP) is 2.23. The summed E-state index contributed by atoms with van der Waals surface area (Å²) >= 11 is 0. The molecule has 1 unspecified atom stereocenters. The molecule has 0 aliphatic rings. The molecule has 0 aliphatic carbocycles. The van der Waals surface area contributed by atoms with E-state index in [1.165, 1.54) is 19.9 Å². The smallest absolute Gasteiger partial charge is 0.344 e. The Morgan fingerprint density at radius 1 is 1.09 bits per heavy atom. The van der Waals surface area contributed by atoms with Crippen LogP contribution in [0.4, 0.5) is 0 Å². The van der Waals surface area contributed by atoms with E-state index in [1.54, 1.807) is 0 Å². The van der Waals surface area contributed by atoms with Crippen molar-refractivity contribution < 1.29 is 29.0 Å². The van der Waals surface area contributed by atoms with Gasteiger partial charge in [0.15, 0.2) is 0 Å². The van der Waals surface area contributed by atoms with Gasteiger partial charge in [-0.25, -0.2) is 14.4 Å². The van der Waals surface area contributed by atoms with Gasteiger partial charge in [-0.3, -0.25) is 0 Å². The van der Waals surface area contributed by atoms with E-state index in [0.717, 1.165) is 12.8 Å². The SMILES string of the molecule is C=C(C)C(=O)OCC(O)C(=CCCCC)C(=O)OC(=O)C(=C)C. The Bertz CT molecular complexity index is 515. The molecular weight excluding hydrogens is 300 g/mol.